The molecule has 2 aromatic rings. The maximum atomic E-state index is 14.1. The maximum Gasteiger partial charge on any atom is 0.180 e. The molecule has 0 aliphatic carbocycles. The summed E-state index contributed by atoms with van der Waals surface area (Å²) in [7, 11) is 0. The Morgan fingerprint density at radius 2 is 1.80 bits per heavy atom. The summed E-state index contributed by atoms with van der Waals surface area (Å²) in [5.74, 6) is -1.76. The molecule has 0 bridgehead atoms. The van der Waals surface area contributed by atoms with Crippen LogP contribution in [0.3, 0.4) is 0 Å². The number of benzene rings is 2. The van der Waals surface area contributed by atoms with Gasteiger partial charge in [0.25, 0.3) is 0 Å². The van der Waals surface area contributed by atoms with E-state index in [-0.39, 0.29) is 27.4 Å². The number of halogens is 3. The average Bonchev–Trinajstić information content (AvgIpc) is 2.40. The molecule has 2 rings (SSSR count). The monoisotopic (exact) mass is 340 g/mol. The Hall–Kier alpha value is -1.95. The molecule has 0 aliphatic heterocycles. The molecule has 2 aromatic carbocycles. The van der Waals surface area contributed by atoms with Crippen LogP contribution in [0.15, 0.2) is 34.8 Å². The number of hydrogen-bond acceptors (Lipinski definition) is 2. The highest BCUT2D eigenvalue weighted by Gasteiger charge is 2.16. The van der Waals surface area contributed by atoms with Gasteiger partial charge in [0.1, 0.15) is 5.84 Å². The lowest BCUT2D eigenvalue weighted by Gasteiger charge is -2.11. The number of amidine groups is 1. The van der Waals surface area contributed by atoms with Crippen LogP contribution in [0.2, 0.25) is 0 Å². The second-order valence-corrected chi connectivity index (χ2v) is 4.93. The van der Waals surface area contributed by atoms with Gasteiger partial charge in [-0.3, -0.25) is 5.41 Å². The van der Waals surface area contributed by atoms with Crippen LogP contribution in [0.4, 0.5) is 8.78 Å². The third-order valence-corrected chi connectivity index (χ3v) is 3.49. The lowest BCUT2D eigenvalue weighted by molar-refractivity contribution is 0.412. The summed E-state index contributed by atoms with van der Waals surface area (Å²) in [6.07, 6.45) is 0. The van der Waals surface area contributed by atoms with Crippen molar-refractivity contribution < 1.29 is 13.5 Å². The summed E-state index contributed by atoms with van der Waals surface area (Å²) < 4.78 is 33.2. The van der Waals surface area contributed by atoms with Crippen LogP contribution >= 0.6 is 15.9 Å². The van der Waals surface area contributed by atoms with Gasteiger partial charge < -0.3 is 10.5 Å². The molecule has 0 amide bonds. The zero-order chi connectivity index (χ0) is 14.9. The van der Waals surface area contributed by atoms with Gasteiger partial charge >= 0.3 is 0 Å². The van der Waals surface area contributed by atoms with E-state index in [1.807, 2.05) is 0 Å². The van der Waals surface area contributed by atoms with Gasteiger partial charge in [-0.15, -0.1) is 0 Å². The molecule has 0 saturated heterocycles. The lowest BCUT2D eigenvalue weighted by Crippen LogP contribution is -2.12. The first-order valence-corrected chi connectivity index (χ1v) is 6.46. The lowest BCUT2D eigenvalue weighted by atomic mass is 10.2. The fourth-order valence-electron chi connectivity index (χ4n) is 1.64. The van der Waals surface area contributed by atoms with E-state index in [0.29, 0.717) is 5.56 Å². The Morgan fingerprint density at radius 3 is 2.45 bits per heavy atom. The number of nitrogens with two attached hydrogens (primary N) is 1. The van der Waals surface area contributed by atoms with Gasteiger partial charge in [0.15, 0.2) is 23.1 Å². The Bertz CT molecular complexity index is 689. The second-order valence-electron chi connectivity index (χ2n) is 4.14. The van der Waals surface area contributed by atoms with E-state index >= 15 is 0 Å². The van der Waals surface area contributed by atoms with Crippen molar-refractivity contribution in [3.63, 3.8) is 0 Å². The summed E-state index contributed by atoms with van der Waals surface area (Å²) in [6, 6.07) is 7.35. The number of ether oxygens (including phenoxy) is 1. The minimum Gasteiger partial charge on any atom is -0.451 e. The number of rotatable bonds is 3. The molecule has 20 heavy (non-hydrogen) atoms. The van der Waals surface area contributed by atoms with E-state index in [1.54, 1.807) is 19.1 Å². The van der Waals surface area contributed by atoms with Gasteiger partial charge in [0.2, 0.25) is 0 Å². The highest BCUT2D eigenvalue weighted by molar-refractivity contribution is 9.10. The zero-order valence-electron chi connectivity index (χ0n) is 10.5. The van der Waals surface area contributed by atoms with Gasteiger partial charge in [0.05, 0.1) is 4.47 Å². The molecule has 0 heterocycles. The van der Waals surface area contributed by atoms with Crippen molar-refractivity contribution in [2.24, 2.45) is 5.73 Å². The van der Waals surface area contributed by atoms with Crippen molar-refractivity contribution in [1.29, 1.82) is 5.41 Å². The first-order valence-electron chi connectivity index (χ1n) is 5.67. The van der Waals surface area contributed by atoms with E-state index in [0.717, 1.165) is 0 Å². The maximum absolute atomic E-state index is 14.1. The summed E-state index contributed by atoms with van der Waals surface area (Å²) in [6.45, 7) is 1.59. The first-order chi connectivity index (χ1) is 9.41. The molecule has 0 radical (unpaired) electrons. The normalized spacial score (nSPS) is 10.4. The Kier molecular flexibility index (Phi) is 4.04. The molecule has 0 unspecified atom stereocenters. The molecule has 0 atom stereocenters. The third kappa shape index (κ3) is 2.65. The van der Waals surface area contributed by atoms with E-state index in [1.165, 1.54) is 18.2 Å². The first kappa shape index (κ1) is 14.5. The fourth-order valence-corrected chi connectivity index (χ4v) is 2.18. The number of nitrogens with one attached hydrogen (secondary N) is 1. The van der Waals surface area contributed by atoms with Crippen LogP contribution in [-0.2, 0) is 0 Å². The third-order valence-electron chi connectivity index (χ3n) is 2.71. The minimum absolute atomic E-state index is 0.00978. The quantitative estimate of drug-likeness (QED) is 0.652. The Labute approximate surface area is 123 Å². The smallest absolute Gasteiger partial charge is 0.180 e. The molecule has 3 N–H and O–H groups in total. The highest BCUT2D eigenvalue weighted by Crippen LogP contribution is 2.33. The van der Waals surface area contributed by atoms with Gasteiger partial charge in [-0.1, -0.05) is 12.1 Å². The molecular weight excluding hydrogens is 330 g/mol. The summed E-state index contributed by atoms with van der Waals surface area (Å²) in [5, 5.41) is 7.31. The molecule has 104 valence electrons. The average molecular weight is 341 g/mol. The zero-order valence-corrected chi connectivity index (χ0v) is 12.1. The summed E-state index contributed by atoms with van der Waals surface area (Å²) in [5.41, 5.74) is 5.93. The number of aryl methyl sites for hydroxylation is 1. The molecule has 0 fully saturated rings. The summed E-state index contributed by atoms with van der Waals surface area (Å²) in [4.78, 5) is 0. The van der Waals surface area contributed by atoms with Gasteiger partial charge in [0, 0.05) is 5.56 Å². The van der Waals surface area contributed by atoms with Crippen LogP contribution in [-0.4, -0.2) is 5.84 Å². The van der Waals surface area contributed by atoms with Crippen molar-refractivity contribution in [3.8, 4) is 11.5 Å². The van der Waals surface area contributed by atoms with E-state index in [4.69, 9.17) is 15.9 Å². The van der Waals surface area contributed by atoms with Crippen LogP contribution in [0.1, 0.15) is 11.1 Å². The van der Waals surface area contributed by atoms with Crippen LogP contribution < -0.4 is 10.5 Å². The Morgan fingerprint density at radius 1 is 1.15 bits per heavy atom. The van der Waals surface area contributed by atoms with Crippen molar-refractivity contribution in [2.45, 2.75) is 6.92 Å². The molecule has 0 aliphatic rings. The SMILES string of the molecule is Cc1cccc(Oc2ccc(C(=N)N)c(Br)c2F)c1F. The van der Waals surface area contributed by atoms with Crippen LogP contribution in [0, 0.1) is 24.0 Å². The predicted molar refractivity (Wildman–Crippen MR) is 76.3 cm³/mol. The Balaban J connectivity index is 2.42. The molecule has 3 nitrogen and oxygen atoms in total. The minimum atomic E-state index is -0.737. The van der Waals surface area contributed by atoms with Gasteiger partial charge in [-0.2, -0.15) is 0 Å². The highest BCUT2D eigenvalue weighted by atomic mass is 79.9. The molecule has 6 heteroatoms. The van der Waals surface area contributed by atoms with Crippen LogP contribution in [0.5, 0.6) is 11.5 Å². The van der Waals surface area contributed by atoms with E-state index in [2.05, 4.69) is 15.9 Å². The van der Waals surface area contributed by atoms with E-state index in [9.17, 15) is 8.78 Å². The summed E-state index contributed by atoms with van der Waals surface area (Å²) >= 11 is 3.01. The number of nitrogen functional groups attached to an aromatic ring is 1. The van der Waals surface area contributed by atoms with Crippen LogP contribution in [0.25, 0.3) is 0 Å². The topological polar surface area (TPSA) is 59.1 Å². The van der Waals surface area contributed by atoms with Crippen molar-refractivity contribution in [1.82, 2.24) is 0 Å². The van der Waals surface area contributed by atoms with Gasteiger partial charge in [-0.05, 0) is 46.6 Å². The molecule has 0 aromatic heterocycles. The van der Waals surface area contributed by atoms with Gasteiger partial charge in [-0.25, -0.2) is 8.78 Å². The predicted octanol–water partition coefficient (Wildman–Crippen LogP) is 4.11. The second kappa shape index (κ2) is 5.58. The standard InChI is InChI=1S/C14H11BrF2N2O/c1-7-3-2-4-9(12(7)16)20-10-6-5-8(14(18)19)11(15)13(10)17/h2-6H,1H3,(H3,18,19). The molecule has 0 saturated carbocycles. The van der Waals surface area contributed by atoms with Crippen molar-refractivity contribution in [3.05, 3.63) is 57.6 Å². The number of hydrogen-bond donors (Lipinski definition) is 2. The van der Waals surface area contributed by atoms with Crippen molar-refractivity contribution in [2.75, 3.05) is 0 Å². The molecule has 0 spiro atoms. The van der Waals surface area contributed by atoms with Crippen molar-refractivity contribution >= 4 is 21.8 Å². The molecular formula is C14H11BrF2N2O. The largest absolute Gasteiger partial charge is 0.451 e. The fraction of sp³-hybridized carbons (Fsp3) is 0.0714. The van der Waals surface area contributed by atoms with E-state index < -0.39 is 11.6 Å².